The number of phenolic OH excluding ortho intramolecular Hbond substituents is 1. The summed E-state index contributed by atoms with van der Waals surface area (Å²) in [6, 6.07) is 5.88. The van der Waals surface area contributed by atoms with Gasteiger partial charge in [-0.3, -0.25) is 4.79 Å². The van der Waals surface area contributed by atoms with Crippen LogP contribution in [0.3, 0.4) is 0 Å². The van der Waals surface area contributed by atoms with E-state index < -0.39 is 5.82 Å². The highest BCUT2D eigenvalue weighted by atomic mass is 19.1. The molecule has 7 heteroatoms. The van der Waals surface area contributed by atoms with Crippen LogP contribution in [0.15, 0.2) is 43.2 Å². The maximum atomic E-state index is 14.1. The van der Waals surface area contributed by atoms with Crippen molar-refractivity contribution in [1.29, 1.82) is 0 Å². The van der Waals surface area contributed by atoms with Crippen molar-refractivity contribution in [3.8, 4) is 17.0 Å². The van der Waals surface area contributed by atoms with Crippen molar-refractivity contribution in [2.45, 2.75) is 6.42 Å². The van der Waals surface area contributed by atoms with E-state index in [1.165, 1.54) is 30.6 Å². The highest BCUT2D eigenvalue weighted by molar-refractivity contribution is 5.87. The first-order valence-electron chi connectivity index (χ1n) is 8.47. The Morgan fingerprint density at radius 2 is 2.12 bits per heavy atom. The van der Waals surface area contributed by atoms with Crippen LogP contribution in [0.4, 0.5) is 10.2 Å². The van der Waals surface area contributed by atoms with E-state index in [1.54, 1.807) is 11.0 Å². The van der Waals surface area contributed by atoms with Crippen molar-refractivity contribution in [3.05, 3.63) is 49.1 Å². The minimum Gasteiger partial charge on any atom is -0.507 e. The molecule has 3 heterocycles. The maximum absolute atomic E-state index is 14.1. The normalized spacial score (nSPS) is 18.0. The average Bonchev–Trinajstić information content (AvgIpc) is 3.06. The lowest BCUT2D eigenvalue weighted by Gasteiger charge is -2.47. The number of aromatic nitrogens is 2. The number of benzene rings is 1. The number of anilines is 1. The average molecular weight is 354 g/mol. The quantitative estimate of drug-likeness (QED) is 0.856. The van der Waals surface area contributed by atoms with Gasteiger partial charge in [-0.2, -0.15) is 0 Å². The summed E-state index contributed by atoms with van der Waals surface area (Å²) in [5.74, 6) is -0.00770. The molecule has 26 heavy (non-hydrogen) atoms. The van der Waals surface area contributed by atoms with Crippen LogP contribution in [0.25, 0.3) is 11.3 Å². The SMILES string of the molecule is C=CC(=O)N1CC2(CCN(c3cc(-c4c(O)cccc4F)ncn3)C2)C1. The lowest BCUT2D eigenvalue weighted by molar-refractivity contribution is -0.136. The molecule has 134 valence electrons. The van der Waals surface area contributed by atoms with Crippen LogP contribution in [0.1, 0.15) is 6.42 Å². The number of amides is 1. The van der Waals surface area contributed by atoms with Gasteiger partial charge in [-0.15, -0.1) is 0 Å². The molecule has 0 aliphatic carbocycles. The fraction of sp³-hybridized carbons (Fsp3) is 0.316. The van der Waals surface area contributed by atoms with Gasteiger partial charge >= 0.3 is 0 Å². The summed E-state index contributed by atoms with van der Waals surface area (Å²) >= 11 is 0. The predicted octanol–water partition coefficient (Wildman–Crippen LogP) is 2.21. The summed E-state index contributed by atoms with van der Waals surface area (Å²) < 4.78 is 14.1. The van der Waals surface area contributed by atoms with E-state index in [2.05, 4.69) is 21.4 Å². The highest BCUT2D eigenvalue weighted by Crippen LogP contribution is 2.41. The van der Waals surface area contributed by atoms with Crippen LogP contribution in [0.2, 0.25) is 0 Å². The molecule has 4 rings (SSSR count). The van der Waals surface area contributed by atoms with Crippen LogP contribution in [0, 0.1) is 11.2 Å². The third-order valence-corrected chi connectivity index (χ3v) is 5.20. The summed E-state index contributed by atoms with van der Waals surface area (Å²) in [4.78, 5) is 24.0. The number of rotatable bonds is 3. The first-order valence-corrected chi connectivity index (χ1v) is 8.47. The topological polar surface area (TPSA) is 69.6 Å². The zero-order chi connectivity index (χ0) is 18.3. The number of aromatic hydroxyl groups is 1. The van der Waals surface area contributed by atoms with E-state index in [4.69, 9.17) is 0 Å². The Labute approximate surface area is 150 Å². The number of halogens is 1. The van der Waals surface area contributed by atoms with Crippen molar-refractivity contribution < 1.29 is 14.3 Å². The van der Waals surface area contributed by atoms with E-state index >= 15 is 0 Å². The van der Waals surface area contributed by atoms with Gasteiger partial charge in [0, 0.05) is 37.7 Å². The second-order valence-electron chi connectivity index (χ2n) is 6.97. The van der Waals surface area contributed by atoms with Gasteiger partial charge in [-0.1, -0.05) is 12.6 Å². The number of carbonyl (C=O) groups excluding carboxylic acids is 1. The van der Waals surface area contributed by atoms with Crippen LogP contribution < -0.4 is 4.90 Å². The van der Waals surface area contributed by atoms with Crippen molar-refractivity contribution in [2.75, 3.05) is 31.1 Å². The molecule has 2 aliphatic rings. The van der Waals surface area contributed by atoms with E-state index in [0.717, 1.165) is 32.6 Å². The second-order valence-corrected chi connectivity index (χ2v) is 6.97. The summed E-state index contributed by atoms with van der Waals surface area (Å²) in [5.41, 5.74) is 0.518. The molecule has 2 saturated heterocycles. The fourth-order valence-electron chi connectivity index (χ4n) is 3.86. The molecule has 1 spiro atoms. The number of hydrogen-bond acceptors (Lipinski definition) is 5. The number of hydrogen-bond donors (Lipinski definition) is 1. The van der Waals surface area contributed by atoms with Crippen LogP contribution >= 0.6 is 0 Å². The second kappa shape index (κ2) is 6.09. The minimum atomic E-state index is -0.523. The Kier molecular flexibility index (Phi) is 3.86. The molecule has 0 unspecified atom stereocenters. The Hall–Kier alpha value is -2.96. The molecule has 6 nitrogen and oxygen atoms in total. The predicted molar refractivity (Wildman–Crippen MR) is 95.1 cm³/mol. The molecular formula is C19H19FN4O2. The lowest BCUT2D eigenvalue weighted by atomic mass is 9.79. The van der Waals surface area contributed by atoms with Crippen molar-refractivity contribution in [3.63, 3.8) is 0 Å². The maximum Gasteiger partial charge on any atom is 0.245 e. The molecule has 2 aliphatic heterocycles. The minimum absolute atomic E-state index is 0.0339. The van der Waals surface area contributed by atoms with Crippen molar-refractivity contribution in [2.24, 2.45) is 5.41 Å². The first-order chi connectivity index (χ1) is 12.5. The number of likely N-dealkylation sites (tertiary alicyclic amines) is 1. The Bertz CT molecular complexity index is 859. The standard InChI is InChI=1S/C19H19FN4O2/c1-2-17(26)24-10-19(11-24)6-7-23(9-19)16-8-14(21-12-22-16)18-13(20)4-3-5-15(18)25/h2-5,8,12,25H,1,6-7,9-11H2. The third-order valence-electron chi connectivity index (χ3n) is 5.20. The summed E-state index contributed by atoms with van der Waals surface area (Å²) in [6.07, 6.45) is 3.70. The van der Waals surface area contributed by atoms with Gasteiger partial charge in [0.25, 0.3) is 0 Å². The molecule has 1 aromatic carbocycles. The van der Waals surface area contributed by atoms with Crippen LogP contribution in [-0.4, -0.2) is 52.1 Å². The van der Waals surface area contributed by atoms with Gasteiger partial charge in [0.05, 0.1) is 11.3 Å². The smallest absolute Gasteiger partial charge is 0.245 e. The first kappa shape index (κ1) is 16.5. The zero-order valence-corrected chi connectivity index (χ0v) is 14.2. The highest BCUT2D eigenvalue weighted by Gasteiger charge is 2.49. The van der Waals surface area contributed by atoms with Crippen molar-refractivity contribution >= 4 is 11.7 Å². The molecular weight excluding hydrogens is 335 g/mol. The molecule has 1 amide bonds. The van der Waals surface area contributed by atoms with Gasteiger partial charge in [0.1, 0.15) is 23.7 Å². The third kappa shape index (κ3) is 2.69. The number of carbonyl (C=O) groups is 1. The number of nitrogens with zero attached hydrogens (tertiary/aromatic N) is 4. The monoisotopic (exact) mass is 354 g/mol. The molecule has 1 N–H and O–H groups in total. The Balaban J connectivity index is 1.54. The molecule has 0 saturated carbocycles. The molecule has 0 bridgehead atoms. The lowest BCUT2D eigenvalue weighted by Crippen LogP contribution is -2.59. The van der Waals surface area contributed by atoms with Gasteiger partial charge in [-0.25, -0.2) is 14.4 Å². The molecule has 2 fully saturated rings. The fourth-order valence-corrected chi connectivity index (χ4v) is 3.86. The summed E-state index contributed by atoms with van der Waals surface area (Å²) in [7, 11) is 0. The molecule has 1 aromatic heterocycles. The van der Waals surface area contributed by atoms with Crippen LogP contribution in [-0.2, 0) is 4.79 Å². The van der Waals surface area contributed by atoms with E-state index in [0.29, 0.717) is 11.5 Å². The van der Waals surface area contributed by atoms with E-state index in [-0.39, 0.29) is 22.6 Å². The van der Waals surface area contributed by atoms with Crippen LogP contribution in [0.5, 0.6) is 5.75 Å². The van der Waals surface area contributed by atoms with Gasteiger partial charge in [0.15, 0.2) is 0 Å². The van der Waals surface area contributed by atoms with E-state index in [9.17, 15) is 14.3 Å². The zero-order valence-electron chi connectivity index (χ0n) is 14.2. The molecule has 0 radical (unpaired) electrons. The Morgan fingerprint density at radius 1 is 1.31 bits per heavy atom. The molecule has 0 atom stereocenters. The van der Waals surface area contributed by atoms with Gasteiger partial charge in [-0.05, 0) is 24.6 Å². The largest absolute Gasteiger partial charge is 0.507 e. The molecule has 2 aromatic rings. The van der Waals surface area contributed by atoms with Gasteiger partial charge in [0.2, 0.25) is 5.91 Å². The number of phenols is 1. The van der Waals surface area contributed by atoms with Crippen molar-refractivity contribution in [1.82, 2.24) is 14.9 Å². The summed E-state index contributed by atoms with van der Waals surface area (Å²) in [5, 5.41) is 9.98. The van der Waals surface area contributed by atoms with Gasteiger partial charge < -0.3 is 14.9 Å². The Morgan fingerprint density at radius 3 is 2.85 bits per heavy atom. The summed E-state index contributed by atoms with van der Waals surface area (Å²) in [6.45, 7) is 6.57. The van der Waals surface area contributed by atoms with E-state index in [1.807, 2.05) is 0 Å².